The highest BCUT2D eigenvalue weighted by Gasteiger charge is 2.29. The molecule has 1 heterocycles. The van der Waals surface area contributed by atoms with Gasteiger partial charge >= 0.3 is 5.97 Å². The molecular weight excluding hydrogens is 503 g/mol. The van der Waals surface area contributed by atoms with Crippen LogP contribution in [0, 0.1) is 19.7 Å². The molecule has 0 radical (unpaired) electrons. The molecule has 3 aromatic carbocycles. The fourth-order valence-electron chi connectivity index (χ4n) is 4.51. The molecule has 0 saturated carbocycles. The Kier molecular flexibility index (Phi) is 7.51. The predicted molar refractivity (Wildman–Crippen MR) is 148 cm³/mol. The Hall–Kier alpha value is -3.84. The second kappa shape index (κ2) is 10.5. The molecule has 0 bridgehead atoms. The van der Waals surface area contributed by atoms with E-state index in [9.17, 15) is 18.8 Å². The summed E-state index contributed by atoms with van der Waals surface area (Å²) in [6, 6.07) is 17.3. The minimum Gasteiger partial charge on any atom is -0.481 e. The number of aryl methyl sites for hydroxylation is 2. The highest BCUT2D eigenvalue weighted by Crippen LogP contribution is 2.46. The summed E-state index contributed by atoms with van der Waals surface area (Å²) in [6.07, 6.45) is 0. The molecule has 0 aliphatic carbocycles. The van der Waals surface area contributed by atoms with Crippen LogP contribution < -0.4 is 4.74 Å². The summed E-state index contributed by atoms with van der Waals surface area (Å²) in [4.78, 5) is 38.7. The number of thiophene rings is 1. The van der Waals surface area contributed by atoms with Crippen molar-refractivity contribution in [3.05, 3.63) is 93.6 Å². The van der Waals surface area contributed by atoms with Gasteiger partial charge in [0.15, 0.2) is 22.0 Å². The van der Waals surface area contributed by atoms with Crippen LogP contribution in [0.15, 0.2) is 60.7 Å². The Labute approximate surface area is 224 Å². The van der Waals surface area contributed by atoms with E-state index >= 15 is 0 Å². The van der Waals surface area contributed by atoms with Gasteiger partial charge in [0, 0.05) is 46.5 Å². The Morgan fingerprint density at radius 3 is 2.18 bits per heavy atom. The number of Topliss-reactive ketones (excluding diaryl/α,β-unsaturated/α-hetero) is 2. The van der Waals surface area contributed by atoms with Gasteiger partial charge in [-0.15, -0.1) is 0 Å². The molecule has 0 aliphatic heterocycles. The number of esters is 1. The van der Waals surface area contributed by atoms with E-state index in [1.165, 1.54) is 19.1 Å². The number of hydrogen-bond acceptors (Lipinski definition) is 5. The van der Waals surface area contributed by atoms with Crippen molar-refractivity contribution >= 4 is 38.1 Å². The summed E-state index contributed by atoms with van der Waals surface area (Å²) < 4.78 is 26.1. The number of ether oxygens (including phenoxy) is 2. The first-order chi connectivity index (χ1) is 17.9. The highest BCUT2D eigenvalue weighted by atomic mass is 32.2. The molecule has 1 aromatic heterocycles. The average Bonchev–Trinajstić information content (AvgIpc) is 3.22. The first-order valence-electron chi connectivity index (χ1n) is 12.2. The number of carbonyl (C=O) groups excluding carboxylic acids is 3. The number of benzene rings is 3. The second-order valence-electron chi connectivity index (χ2n) is 9.85. The van der Waals surface area contributed by atoms with E-state index in [0.717, 1.165) is 26.1 Å². The minimum absolute atomic E-state index is 0.0202. The van der Waals surface area contributed by atoms with Crippen LogP contribution in [0.4, 0.5) is 4.39 Å². The molecule has 38 heavy (non-hydrogen) atoms. The lowest BCUT2D eigenvalue weighted by atomic mass is 9.98. The molecule has 0 saturated heterocycles. The largest absolute Gasteiger partial charge is 0.481 e. The van der Waals surface area contributed by atoms with Gasteiger partial charge in [0.2, 0.25) is 10.7 Å². The number of rotatable bonds is 8. The van der Waals surface area contributed by atoms with Crippen LogP contribution in [-0.2, 0) is 15.1 Å². The number of hydrogen-bond donors (Lipinski definition) is 0. The zero-order valence-electron chi connectivity index (χ0n) is 22.3. The van der Waals surface area contributed by atoms with Crippen molar-refractivity contribution in [2.75, 3.05) is 6.61 Å². The lowest BCUT2D eigenvalue weighted by Gasteiger charge is -2.26. The average molecular weight is 534 g/mol. The molecule has 7 heteroatoms. The molecular formula is C31H30FO5S+. The van der Waals surface area contributed by atoms with E-state index in [4.69, 9.17) is 9.47 Å². The fourth-order valence-corrected chi connectivity index (χ4v) is 6.93. The van der Waals surface area contributed by atoms with Gasteiger partial charge in [0.25, 0.3) is 0 Å². The molecule has 0 spiro atoms. The van der Waals surface area contributed by atoms with Crippen LogP contribution in [0.1, 0.15) is 64.4 Å². The van der Waals surface area contributed by atoms with Crippen molar-refractivity contribution in [1.29, 1.82) is 0 Å². The fraction of sp³-hybridized carbons (Fsp3) is 0.258. The quantitative estimate of drug-likeness (QED) is 0.133. The Morgan fingerprint density at radius 2 is 1.58 bits per heavy atom. The van der Waals surface area contributed by atoms with Crippen molar-refractivity contribution in [3.8, 4) is 10.6 Å². The van der Waals surface area contributed by atoms with E-state index in [0.29, 0.717) is 21.8 Å². The van der Waals surface area contributed by atoms with Gasteiger partial charge in [0.1, 0.15) is 17.2 Å². The number of fused-ring (bicyclic) bond motifs is 1. The minimum atomic E-state index is -1.02. The Balaban J connectivity index is 1.59. The first-order valence-corrected chi connectivity index (χ1v) is 13.4. The summed E-state index contributed by atoms with van der Waals surface area (Å²) in [5.41, 5.74) is 1.77. The van der Waals surface area contributed by atoms with Gasteiger partial charge in [0.05, 0.1) is 0 Å². The van der Waals surface area contributed by atoms with Gasteiger partial charge in [-0.1, -0.05) is 12.1 Å². The Morgan fingerprint density at radius 1 is 0.895 bits per heavy atom. The molecule has 0 amide bonds. The van der Waals surface area contributed by atoms with E-state index in [1.54, 1.807) is 39.0 Å². The predicted octanol–water partition coefficient (Wildman–Crippen LogP) is 7.60. The zero-order chi connectivity index (χ0) is 27.8. The third-order valence-electron chi connectivity index (χ3n) is 6.38. The molecule has 1 unspecified atom stereocenters. The van der Waals surface area contributed by atoms with Crippen LogP contribution >= 0.6 is 10.5 Å². The van der Waals surface area contributed by atoms with E-state index in [1.807, 2.05) is 44.2 Å². The third-order valence-corrected chi connectivity index (χ3v) is 8.75. The summed E-state index contributed by atoms with van der Waals surface area (Å²) in [5, 5.41) is 0.880. The van der Waals surface area contributed by atoms with Crippen molar-refractivity contribution in [1.82, 2.24) is 0 Å². The first kappa shape index (κ1) is 27.2. The SMILES string of the molecule is CC(=O)c1ccc2c(c1)cc(C(C)=O)[s+]2-c1cc(C)c(OCC(=O)OC(C)(C)c2cccc(F)c2)c(C)c1. The standard InChI is InChI=1S/C31H30FO5S/c1-18-12-26(38-27-11-10-22(20(3)33)14-23(27)15-28(38)21(4)34)13-19(2)30(18)36-17-29(35)37-31(5,6)24-8-7-9-25(32)16-24/h7-16H,17H2,1-6H3/q+1. The summed E-state index contributed by atoms with van der Waals surface area (Å²) in [6.45, 7) is 9.96. The van der Waals surface area contributed by atoms with Crippen LogP contribution in [0.25, 0.3) is 15.0 Å². The second-order valence-corrected chi connectivity index (χ2v) is 11.8. The van der Waals surface area contributed by atoms with Crippen LogP contribution in [-0.4, -0.2) is 24.1 Å². The molecule has 5 nitrogen and oxygen atoms in total. The summed E-state index contributed by atoms with van der Waals surface area (Å²) in [5.74, 6) is -0.451. The summed E-state index contributed by atoms with van der Waals surface area (Å²) in [7, 11) is -0.611. The van der Waals surface area contributed by atoms with E-state index in [-0.39, 0.29) is 18.2 Å². The van der Waals surface area contributed by atoms with E-state index < -0.39 is 27.9 Å². The van der Waals surface area contributed by atoms with Crippen molar-refractivity contribution in [2.45, 2.75) is 47.1 Å². The van der Waals surface area contributed by atoms with Crippen LogP contribution in [0.5, 0.6) is 5.75 Å². The van der Waals surface area contributed by atoms with Gasteiger partial charge in [-0.25, -0.2) is 9.18 Å². The maximum absolute atomic E-state index is 13.6. The topological polar surface area (TPSA) is 69.7 Å². The molecule has 4 aromatic rings. The van der Waals surface area contributed by atoms with Crippen LogP contribution in [0.2, 0.25) is 0 Å². The number of carbonyl (C=O) groups is 3. The molecule has 0 aliphatic rings. The van der Waals surface area contributed by atoms with Crippen LogP contribution in [0.3, 0.4) is 0 Å². The van der Waals surface area contributed by atoms with Crippen molar-refractivity contribution in [3.63, 3.8) is 0 Å². The number of ketones is 2. The maximum Gasteiger partial charge on any atom is 0.345 e. The lowest BCUT2D eigenvalue weighted by molar-refractivity contribution is -0.159. The zero-order valence-corrected chi connectivity index (χ0v) is 23.1. The van der Waals surface area contributed by atoms with Gasteiger partial charge in [-0.3, -0.25) is 9.59 Å². The molecule has 0 fully saturated rings. The van der Waals surface area contributed by atoms with Gasteiger partial charge in [-0.2, -0.15) is 0 Å². The molecule has 4 rings (SSSR count). The van der Waals surface area contributed by atoms with Gasteiger partial charge in [-0.05, 0) is 81.6 Å². The lowest BCUT2D eigenvalue weighted by Crippen LogP contribution is -2.28. The number of halogens is 1. The van der Waals surface area contributed by atoms with Crippen molar-refractivity contribution in [2.24, 2.45) is 0 Å². The van der Waals surface area contributed by atoms with Crippen molar-refractivity contribution < 1.29 is 28.2 Å². The smallest absolute Gasteiger partial charge is 0.345 e. The normalized spacial score (nSPS) is 11.9. The summed E-state index contributed by atoms with van der Waals surface area (Å²) >= 11 is 0. The highest BCUT2D eigenvalue weighted by molar-refractivity contribution is 7.46. The molecule has 1 atom stereocenters. The maximum atomic E-state index is 13.6. The molecule has 0 N–H and O–H groups in total. The Bertz CT molecular complexity index is 1560. The molecule has 196 valence electrons. The third kappa shape index (κ3) is 5.53. The monoisotopic (exact) mass is 533 g/mol. The van der Waals surface area contributed by atoms with E-state index in [2.05, 4.69) is 0 Å². The van der Waals surface area contributed by atoms with Gasteiger partial charge < -0.3 is 9.47 Å².